The van der Waals surface area contributed by atoms with Gasteiger partial charge in [0, 0.05) is 5.56 Å². The average Bonchev–Trinajstić information content (AvgIpc) is 2.67. The molecule has 0 heterocycles. The van der Waals surface area contributed by atoms with Gasteiger partial charge in [0.05, 0.1) is 15.2 Å². The number of hydrogen-bond donors (Lipinski definition) is 0. The standard InChI is InChI=1S/C22H15FINO/c23-20-9-5-4-8-19(20)18(14-25)12-17-10-11-22(21(24)13-17)26-15-16-6-2-1-3-7-16/h1-13H,15H2/b18-12-. The zero-order chi connectivity index (χ0) is 18.4. The SMILES string of the molecule is N#C/C(=C/c1ccc(OCc2ccccc2)c(I)c1)c1ccccc1F. The van der Waals surface area contributed by atoms with Crippen molar-refractivity contribution in [3.8, 4) is 11.8 Å². The van der Waals surface area contributed by atoms with Gasteiger partial charge in [-0.2, -0.15) is 5.26 Å². The summed E-state index contributed by atoms with van der Waals surface area (Å²) in [6, 6.07) is 23.9. The summed E-state index contributed by atoms with van der Waals surface area (Å²) in [5.74, 6) is 0.369. The molecule has 3 rings (SSSR count). The molecule has 0 N–H and O–H groups in total. The maximum Gasteiger partial charge on any atom is 0.133 e. The lowest BCUT2D eigenvalue weighted by Gasteiger charge is -2.09. The van der Waals surface area contributed by atoms with E-state index in [2.05, 4.69) is 28.7 Å². The largest absolute Gasteiger partial charge is 0.488 e. The van der Waals surface area contributed by atoms with E-state index in [4.69, 9.17) is 4.74 Å². The molecule has 2 nitrogen and oxygen atoms in total. The molecule has 0 aliphatic carbocycles. The first kappa shape index (κ1) is 18.2. The van der Waals surface area contributed by atoms with Gasteiger partial charge in [-0.25, -0.2) is 4.39 Å². The molecule has 0 amide bonds. The third-order valence-corrected chi connectivity index (χ3v) is 4.63. The monoisotopic (exact) mass is 455 g/mol. The molecule has 0 radical (unpaired) electrons. The number of nitrogens with zero attached hydrogens (tertiary/aromatic N) is 1. The Morgan fingerprint density at radius 2 is 1.77 bits per heavy atom. The lowest BCUT2D eigenvalue weighted by atomic mass is 10.0. The van der Waals surface area contributed by atoms with Crippen molar-refractivity contribution in [2.45, 2.75) is 6.61 Å². The molecule has 0 fully saturated rings. The van der Waals surface area contributed by atoms with Crippen molar-refractivity contribution < 1.29 is 9.13 Å². The molecule has 0 saturated heterocycles. The predicted octanol–water partition coefficient (Wildman–Crippen LogP) is 6.07. The number of allylic oxidation sites excluding steroid dienone is 1. The normalized spacial score (nSPS) is 11.0. The summed E-state index contributed by atoms with van der Waals surface area (Å²) in [6.07, 6.45) is 1.68. The van der Waals surface area contributed by atoms with E-state index in [0.717, 1.165) is 20.4 Å². The zero-order valence-electron chi connectivity index (χ0n) is 13.8. The maximum absolute atomic E-state index is 13.9. The Labute approximate surface area is 165 Å². The van der Waals surface area contributed by atoms with Crippen LogP contribution in [0.2, 0.25) is 0 Å². The van der Waals surface area contributed by atoms with Crippen molar-refractivity contribution in [2.24, 2.45) is 0 Å². The number of nitriles is 1. The lowest BCUT2D eigenvalue weighted by Crippen LogP contribution is -1.97. The lowest BCUT2D eigenvalue weighted by molar-refractivity contribution is 0.304. The Morgan fingerprint density at radius 1 is 1.04 bits per heavy atom. The van der Waals surface area contributed by atoms with Gasteiger partial charge in [-0.1, -0.05) is 54.6 Å². The van der Waals surface area contributed by atoms with Crippen LogP contribution in [-0.4, -0.2) is 0 Å². The Balaban J connectivity index is 1.80. The van der Waals surface area contributed by atoms with E-state index in [-0.39, 0.29) is 5.57 Å². The molecule has 0 spiro atoms. The van der Waals surface area contributed by atoms with Crippen molar-refractivity contribution in [1.29, 1.82) is 5.26 Å². The molecule has 0 unspecified atom stereocenters. The van der Waals surface area contributed by atoms with Gasteiger partial charge in [0.25, 0.3) is 0 Å². The Bertz CT molecular complexity index is 977. The molecule has 0 aliphatic heterocycles. The van der Waals surface area contributed by atoms with Crippen molar-refractivity contribution >= 4 is 34.2 Å². The van der Waals surface area contributed by atoms with Crippen LogP contribution in [0, 0.1) is 20.7 Å². The number of rotatable bonds is 5. The van der Waals surface area contributed by atoms with Crippen LogP contribution < -0.4 is 4.74 Å². The summed E-state index contributed by atoms with van der Waals surface area (Å²) in [5.41, 5.74) is 2.51. The molecule has 0 saturated carbocycles. The minimum absolute atomic E-state index is 0.289. The van der Waals surface area contributed by atoms with E-state index in [1.54, 1.807) is 24.3 Å². The van der Waals surface area contributed by atoms with Crippen LogP contribution in [-0.2, 0) is 6.61 Å². The van der Waals surface area contributed by atoms with Gasteiger partial charge >= 0.3 is 0 Å². The van der Waals surface area contributed by atoms with Gasteiger partial charge in [0.15, 0.2) is 0 Å². The topological polar surface area (TPSA) is 33.0 Å². The van der Waals surface area contributed by atoms with Crippen molar-refractivity contribution in [3.63, 3.8) is 0 Å². The molecule has 0 atom stereocenters. The minimum atomic E-state index is -0.405. The molecule has 0 aromatic heterocycles. The molecule has 3 aromatic rings. The highest BCUT2D eigenvalue weighted by Crippen LogP contribution is 2.26. The van der Waals surface area contributed by atoms with Crippen LogP contribution in [0.3, 0.4) is 0 Å². The minimum Gasteiger partial charge on any atom is -0.488 e. The second-order valence-electron chi connectivity index (χ2n) is 5.61. The van der Waals surface area contributed by atoms with Gasteiger partial charge in [-0.05, 0) is 58.0 Å². The van der Waals surface area contributed by atoms with E-state index in [0.29, 0.717) is 12.2 Å². The van der Waals surface area contributed by atoms with Gasteiger partial charge in [0.1, 0.15) is 18.2 Å². The number of hydrogen-bond acceptors (Lipinski definition) is 2. The van der Waals surface area contributed by atoms with E-state index in [1.807, 2.05) is 48.5 Å². The first-order chi connectivity index (χ1) is 12.7. The van der Waals surface area contributed by atoms with Crippen molar-refractivity contribution in [2.75, 3.05) is 0 Å². The second kappa shape index (κ2) is 8.63. The first-order valence-electron chi connectivity index (χ1n) is 8.00. The third kappa shape index (κ3) is 4.50. The van der Waals surface area contributed by atoms with Gasteiger partial charge in [-0.3, -0.25) is 0 Å². The summed E-state index contributed by atoms with van der Waals surface area (Å²) < 4.78 is 20.7. The molecule has 0 bridgehead atoms. The van der Waals surface area contributed by atoms with Crippen LogP contribution in [0.25, 0.3) is 11.6 Å². The fraction of sp³-hybridized carbons (Fsp3) is 0.0455. The highest BCUT2D eigenvalue weighted by atomic mass is 127. The summed E-state index contributed by atoms with van der Waals surface area (Å²) in [7, 11) is 0. The fourth-order valence-electron chi connectivity index (χ4n) is 2.48. The van der Waals surface area contributed by atoms with E-state index in [9.17, 15) is 9.65 Å². The Morgan fingerprint density at radius 3 is 2.46 bits per heavy atom. The average molecular weight is 455 g/mol. The second-order valence-corrected chi connectivity index (χ2v) is 6.78. The predicted molar refractivity (Wildman–Crippen MR) is 110 cm³/mol. The quantitative estimate of drug-likeness (QED) is 0.266. The summed E-state index contributed by atoms with van der Waals surface area (Å²) >= 11 is 2.20. The number of halogens is 2. The Kier molecular flexibility index (Phi) is 6.03. The van der Waals surface area contributed by atoms with E-state index < -0.39 is 5.82 Å². The van der Waals surface area contributed by atoms with Crippen LogP contribution in [0.4, 0.5) is 4.39 Å². The summed E-state index contributed by atoms with van der Waals surface area (Å²) in [4.78, 5) is 0. The third-order valence-electron chi connectivity index (χ3n) is 3.79. The molecular formula is C22H15FINO. The van der Waals surface area contributed by atoms with Crippen LogP contribution >= 0.6 is 22.6 Å². The maximum atomic E-state index is 13.9. The summed E-state index contributed by atoms with van der Waals surface area (Å²) in [6.45, 7) is 0.491. The van der Waals surface area contributed by atoms with Crippen molar-refractivity contribution in [3.05, 3.63) is 98.9 Å². The van der Waals surface area contributed by atoms with Crippen LogP contribution in [0.1, 0.15) is 16.7 Å². The van der Waals surface area contributed by atoms with Crippen LogP contribution in [0.5, 0.6) is 5.75 Å². The molecule has 26 heavy (non-hydrogen) atoms. The molecule has 128 valence electrons. The van der Waals surface area contributed by atoms with E-state index in [1.165, 1.54) is 6.07 Å². The smallest absolute Gasteiger partial charge is 0.133 e. The molecule has 0 aliphatic rings. The molecular weight excluding hydrogens is 440 g/mol. The zero-order valence-corrected chi connectivity index (χ0v) is 16.0. The fourth-order valence-corrected chi connectivity index (χ4v) is 3.17. The molecule has 4 heteroatoms. The number of ether oxygens (including phenoxy) is 1. The van der Waals surface area contributed by atoms with Gasteiger partial charge in [-0.15, -0.1) is 0 Å². The highest BCUT2D eigenvalue weighted by Gasteiger charge is 2.08. The highest BCUT2D eigenvalue weighted by molar-refractivity contribution is 14.1. The first-order valence-corrected chi connectivity index (χ1v) is 9.08. The Hall–Kier alpha value is -2.65. The van der Waals surface area contributed by atoms with Crippen molar-refractivity contribution in [1.82, 2.24) is 0 Å². The number of benzene rings is 3. The van der Waals surface area contributed by atoms with E-state index >= 15 is 0 Å². The molecule has 3 aromatic carbocycles. The van der Waals surface area contributed by atoms with Gasteiger partial charge in [0.2, 0.25) is 0 Å². The van der Waals surface area contributed by atoms with Gasteiger partial charge < -0.3 is 4.74 Å². The van der Waals surface area contributed by atoms with Crippen LogP contribution in [0.15, 0.2) is 72.8 Å². The summed E-state index contributed by atoms with van der Waals surface area (Å²) in [5, 5.41) is 9.39.